The van der Waals surface area contributed by atoms with E-state index in [0.29, 0.717) is 12.1 Å². The molecule has 3 aromatic rings. The van der Waals surface area contributed by atoms with E-state index in [9.17, 15) is 13.2 Å². The van der Waals surface area contributed by atoms with Crippen LogP contribution in [0.2, 0.25) is 0 Å². The number of nitrogens with zero attached hydrogens (tertiary/aromatic N) is 1. The van der Waals surface area contributed by atoms with E-state index in [1.165, 1.54) is 6.07 Å². The van der Waals surface area contributed by atoms with Gasteiger partial charge in [-0.2, -0.15) is 0 Å². The molecule has 0 fully saturated rings. The van der Waals surface area contributed by atoms with Gasteiger partial charge in [0.1, 0.15) is 0 Å². The summed E-state index contributed by atoms with van der Waals surface area (Å²) >= 11 is 0. The molecule has 0 unspecified atom stereocenters. The highest BCUT2D eigenvalue weighted by atomic mass is 32.2. The monoisotopic (exact) mass is 356 g/mol. The number of amides is 1. The highest BCUT2D eigenvalue weighted by molar-refractivity contribution is 7.90. The van der Waals surface area contributed by atoms with E-state index >= 15 is 0 Å². The maximum absolute atomic E-state index is 12.6. The Labute approximate surface area is 147 Å². The second kappa shape index (κ2) is 6.37. The second-order valence-corrected chi connectivity index (χ2v) is 7.71. The summed E-state index contributed by atoms with van der Waals surface area (Å²) in [7, 11) is -3.92. The van der Waals surface area contributed by atoms with Gasteiger partial charge in [-0.25, -0.2) is 13.1 Å². The van der Waals surface area contributed by atoms with E-state index in [2.05, 4.69) is 4.72 Å². The number of carbonyl (C=O) groups is 1. The molecule has 0 saturated heterocycles. The number of carbonyl (C=O) groups excluding carboxylic acids is 1. The molecule has 1 heterocycles. The van der Waals surface area contributed by atoms with Crippen LogP contribution in [0.15, 0.2) is 53.6 Å². The molecule has 0 radical (unpaired) electrons. The lowest BCUT2D eigenvalue weighted by Gasteiger charge is -2.08. The molecule has 5 nitrogen and oxygen atoms in total. The molecule has 0 aliphatic carbocycles. The number of fused-ring (bicyclic) bond motifs is 1. The lowest BCUT2D eigenvalue weighted by molar-refractivity contribution is 0.0983. The minimum atomic E-state index is -3.92. The Hall–Kier alpha value is -2.60. The molecular weight excluding hydrogens is 336 g/mol. The Morgan fingerprint density at radius 2 is 1.80 bits per heavy atom. The number of hydrogen-bond acceptors (Lipinski definition) is 3. The Bertz CT molecular complexity index is 1070. The smallest absolute Gasteiger partial charge is 0.267 e. The van der Waals surface area contributed by atoms with Crippen molar-refractivity contribution in [3.8, 4) is 0 Å². The quantitative estimate of drug-likeness (QED) is 0.779. The molecular formula is C19H20N2O3S. The molecule has 2 aromatic carbocycles. The highest BCUT2D eigenvalue weighted by Crippen LogP contribution is 2.22. The van der Waals surface area contributed by atoms with E-state index in [4.69, 9.17) is 0 Å². The van der Waals surface area contributed by atoms with Crippen LogP contribution in [0.3, 0.4) is 0 Å². The van der Waals surface area contributed by atoms with E-state index in [1.54, 1.807) is 18.3 Å². The third-order valence-corrected chi connectivity index (χ3v) is 5.72. The average Bonchev–Trinajstić information content (AvgIpc) is 2.96. The van der Waals surface area contributed by atoms with Gasteiger partial charge in [0.25, 0.3) is 15.9 Å². The number of aryl methyl sites for hydroxylation is 3. The van der Waals surface area contributed by atoms with Crippen molar-refractivity contribution in [1.82, 2.24) is 9.29 Å². The molecule has 1 N–H and O–H groups in total. The van der Waals surface area contributed by atoms with Crippen molar-refractivity contribution in [2.45, 2.75) is 32.2 Å². The van der Waals surface area contributed by atoms with Crippen LogP contribution < -0.4 is 4.72 Å². The van der Waals surface area contributed by atoms with Gasteiger partial charge >= 0.3 is 0 Å². The van der Waals surface area contributed by atoms with Crippen LogP contribution in [-0.2, 0) is 16.6 Å². The standard InChI is InChI=1S/C19H20N2O3S/c1-4-21-12-17(16-7-5-6-8-18(16)21)19(22)20-25(23,24)15-10-9-13(2)14(3)11-15/h5-12H,4H2,1-3H3,(H,20,22). The van der Waals surface area contributed by atoms with Gasteiger partial charge in [-0.1, -0.05) is 24.3 Å². The predicted octanol–water partition coefficient (Wildman–Crippen LogP) is 3.40. The lowest BCUT2D eigenvalue weighted by Crippen LogP contribution is -2.30. The minimum Gasteiger partial charge on any atom is -0.347 e. The Kier molecular flexibility index (Phi) is 4.39. The van der Waals surface area contributed by atoms with Crippen molar-refractivity contribution in [3.05, 3.63) is 65.4 Å². The first kappa shape index (κ1) is 17.2. The molecule has 1 amide bonds. The van der Waals surface area contributed by atoms with Gasteiger partial charge < -0.3 is 4.57 Å². The largest absolute Gasteiger partial charge is 0.347 e. The molecule has 0 aliphatic heterocycles. The molecule has 0 bridgehead atoms. The van der Waals surface area contributed by atoms with Crippen molar-refractivity contribution in [2.75, 3.05) is 0 Å². The Balaban J connectivity index is 1.98. The van der Waals surface area contributed by atoms with Gasteiger partial charge in [0.15, 0.2) is 0 Å². The lowest BCUT2D eigenvalue weighted by atomic mass is 10.1. The van der Waals surface area contributed by atoms with Gasteiger partial charge in [0.2, 0.25) is 0 Å². The number of rotatable bonds is 4. The van der Waals surface area contributed by atoms with Crippen LogP contribution >= 0.6 is 0 Å². The first-order valence-corrected chi connectivity index (χ1v) is 9.54. The molecule has 25 heavy (non-hydrogen) atoms. The Morgan fingerprint density at radius 3 is 2.48 bits per heavy atom. The fourth-order valence-corrected chi connectivity index (χ4v) is 3.86. The number of aromatic nitrogens is 1. The molecule has 1 aromatic heterocycles. The van der Waals surface area contributed by atoms with Crippen molar-refractivity contribution in [3.63, 3.8) is 0 Å². The SMILES string of the molecule is CCn1cc(C(=O)NS(=O)(=O)c2ccc(C)c(C)c2)c2ccccc21. The molecule has 0 aliphatic rings. The zero-order chi connectivity index (χ0) is 18.2. The van der Waals surface area contributed by atoms with Gasteiger partial charge in [-0.3, -0.25) is 4.79 Å². The van der Waals surface area contributed by atoms with Crippen LogP contribution in [0.4, 0.5) is 0 Å². The van der Waals surface area contributed by atoms with Crippen molar-refractivity contribution in [2.24, 2.45) is 0 Å². The maximum Gasteiger partial charge on any atom is 0.267 e. The highest BCUT2D eigenvalue weighted by Gasteiger charge is 2.22. The van der Waals surface area contributed by atoms with Crippen molar-refractivity contribution >= 4 is 26.8 Å². The molecule has 130 valence electrons. The summed E-state index contributed by atoms with van der Waals surface area (Å²) in [6, 6.07) is 12.3. The third-order valence-electron chi connectivity index (χ3n) is 4.39. The van der Waals surface area contributed by atoms with Crippen LogP contribution in [0.1, 0.15) is 28.4 Å². The summed E-state index contributed by atoms with van der Waals surface area (Å²) in [5.74, 6) is -0.623. The molecule has 0 spiro atoms. The molecule has 6 heteroatoms. The third kappa shape index (κ3) is 3.17. The predicted molar refractivity (Wildman–Crippen MR) is 98.2 cm³/mol. The van der Waals surface area contributed by atoms with Crippen LogP contribution in [0, 0.1) is 13.8 Å². The van der Waals surface area contributed by atoms with E-state index < -0.39 is 15.9 Å². The van der Waals surface area contributed by atoms with Crippen LogP contribution in [0.25, 0.3) is 10.9 Å². The van der Waals surface area contributed by atoms with Gasteiger partial charge in [0.05, 0.1) is 10.5 Å². The number of benzene rings is 2. The second-order valence-electron chi connectivity index (χ2n) is 6.03. The molecule has 0 saturated carbocycles. The fraction of sp³-hybridized carbons (Fsp3) is 0.211. The van der Waals surface area contributed by atoms with E-state index in [1.807, 2.05) is 49.6 Å². The summed E-state index contributed by atoms with van der Waals surface area (Å²) in [5.41, 5.74) is 3.11. The van der Waals surface area contributed by atoms with E-state index in [0.717, 1.165) is 22.0 Å². The van der Waals surface area contributed by atoms with E-state index in [-0.39, 0.29) is 4.90 Å². The van der Waals surface area contributed by atoms with Crippen LogP contribution in [0.5, 0.6) is 0 Å². The van der Waals surface area contributed by atoms with Gasteiger partial charge in [0, 0.05) is 23.6 Å². The topological polar surface area (TPSA) is 68.2 Å². The average molecular weight is 356 g/mol. The molecule has 0 atom stereocenters. The zero-order valence-corrected chi connectivity index (χ0v) is 15.2. The number of hydrogen-bond donors (Lipinski definition) is 1. The Morgan fingerprint density at radius 1 is 1.08 bits per heavy atom. The first-order valence-electron chi connectivity index (χ1n) is 8.05. The van der Waals surface area contributed by atoms with Crippen LogP contribution in [-0.4, -0.2) is 18.9 Å². The number of para-hydroxylation sites is 1. The van der Waals surface area contributed by atoms with Gasteiger partial charge in [-0.05, 0) is 50.1 Å². The molecule has 3 rings (SSSR count). The zero-order valence-electron chi connectivity index (χ0n) is 14.4. The number of sulfonamides is 1. The fourth-order valence-electron chi connectivity index (χ4n) is 2.81. The normalized spacial score (nSPS) is 11.6. The first-order chi connectivity index (χ1) is 11.8. The maximum atomic E-state index is 12.6. The minimum absolute atomic E-state index is 0.0863. The summed E-state index contributed by atoms with van der Waals surface area (Å²) in [5, 5.41) is 0.733. The van der Waals surface area contributed by atoms with Gasteiger partial charge in [-0.15, -0.1) is 0 Å². The van der Waals surface area contributed by atoms with Crippen molar-refractivity contribution in [1.29, 1.82) is 0 Å². The summed E-state index contributed by atoms with van der Waals surface area (Å²) in [4.78, 5) is 12.7. The summed E-state index contributed by atoms with van der Waals surface area (Å²) < 4.78 is 29.2. The summed E-state index contributed by atoms with van der Waals surface area (Å²) in [6.07, 6.45) is 1.69. The summed E-state index contributed by atoms with van der Waals surface area (Å²) in [6.45, 7) is 6.41. The number of nitrogens with one attached hydrogen (secondary N) is 1. The van der Waals surface area contributed by atoms with Crippen molar-refractivity contribution < 1.29 is 13.2 Å².